The van der Waals surface area contributed by atoms with Gasteiger partial charge in [0.25, 0.3) is 0 Å². The average Bonchev–Trinajstić information content (AvgIpc) is 3.28. The number of rotatable bonds is 8. The Balaban J connectivity index is 1.40. The van der Waals surface area contributed by atoms with Gasteiger partial charge in [-0.2, -0.15) is 5.10 Å². The molecule has 7 nitrogen and oxygen atoms in total. The molecule has 208 valence electrons. The van der Waals surface area contributed by atoms with E-state index in [9.17, 15) is 17.6 Å². The Morgan fingerprint density at radius 1 is 1.12 bits per heavy atom. The number of thioether (sulfide) groups is 1. The number of aliphatic imine (C=N–C) groups is 2. The van der Waals surface area contributed by atoms with Gasteiger partial charge in [-0.15, -0.1) is 18.3 Å². The van der Waals surface area contributed by atoms with Gasteiger partial charge in [0.2, 0.25) is 0 Å². The molecule has 1 aliphatic heterocycles. The predicted molar refractivity (Wildman–Crippen MR) is 154 cm³/mol. The molecule has 0 aliphatic carbocycles. The average molecular weight is 591 g/mol. The molecule has 3 aromatic rings. The Hall–Kier alpha value is -3.90. The number of hydrogen-bond acceptors (Lipinski definition) is 5. The molecule has 0 radical (unpaired) electrons. The van der Waals surface area contributed by atoms with Crippen molar-refractivity contribution in [3.63, 3.8) is 0 Å². The Morgan fingerprint density at radius 2 is 1.85 bits per heavy atom. The highest BCUT2D eigenvalue weighted by Gasteiger charge is 2.32. The van der Waals surface area contributed by atoms with E-state index < -0.39 is 13.0 Å². The second-order valence-electron chi connectivity index (χ2n) is 8.46. The summed E-state index contributed by atoms with van der Waals surface area (Å²) < 4.78 is 54.2. The SMILES string of the molecule is CC1CS/C(=N\N=C\c2ccc(C(N)=NC=Nc3ccc(OC(F)(F)F)cc3)cc2)N1c1c(Cl)cccc1CF. The molecule has 0 amide bonds. The molecule has 0 bridgehead atoms. The predicted octanol–water partition coefficient (Wildman–Crippen LogP) is 7.11. The van der Waals surface area contributed by atoms with Crippen LogP contribution in [0.4, 0.5) is 28.9 Å². The summed E-state index contributed by atoms with van der Waals surface area (Å²) in [5.41, 5.74) is 8.89. The number of alkyl halides is 4. The first-order valence-corrected chi connectivity index (χ1v) is 13.2. The van der Waals surface area contributed by atoms with Crippen molar-refractivity contribution in [1.82, 2.24) is 0 Å². The normalized spacial score (nSPS) is 17.4. The molecule has 1 aliphatic rings. The maximum absolute atomic E-state index is 13.6. The van der Waals surface area contributed by atoms with Crippen LogP contribution < -0.4 is 15.4 Å². The molecular formula is C27H23ClF4N6OS. The zero-order valence-corrected chi connectivity index (χ0v) is 22.6. The molecule has 1 atom stereocenters. The van der Waals surface area contributed by atoms with E-state index in [1.165, 1.54) is 30.2 Å². The van der Waals surface area contributed by atoms with Gasteiger partial charge in [0.05, 0.1) is 22.6 Å². The van der Waals surface area contributed by atoms with Gasteiger partial charge in [0.1, 0.15) is 24.6 Å². The molecule has 3 aromatic carbocycles. The summed E-state index contributed by atoms with van der Waals surface area (Å²) in [6, 6.07) is 17.3. The minimum atomic E-state index is -4.76. The fraction of sp³-hybridized carbons (Fsp3) is 0.185. The lowest BCUT2D eigenvalue weighted by Crippen LogP contribution is -2.32. The Labute approximate surface area is 237 Å². The van der Waals surface area contributed by atoms with E-state index in [1.807, 2.05) is 11.8 Å². The van der Waals surface area contributed by atoms with E-state index in [0.717, 1.165) is 23.4 Å². The van der Waals surface area contributed by atoms with E-state index in [0.29, 0.717) is 32.7 Å². The highest BCUT2D eigenvalue weighted by atomic mass is 35.5. The number of benzene rings is 3. The molecule has 1 saturated heterocycles. The Kier molecular flexibility index (Phi) is 9.43. The number of ether oxygens (including phenoxy) is 1. The molecule has 2 N–H and O–H groups in total. The van der Waals surface area contributed by atoms with Gasteiger partial charge in [0, 0.05) is 22.9 Å². The number of amidine groups is 2. The minimum Gasteiger partial charge on any atom is -0.406 e. The topological polar surface area (TPSA) is 87.9 Å². The van der Waals surface area contributed by atoms with Crippen molar-refractivity contribution in [2.45, 2.75) is 26.0 Å². The Bertz CT molecular complexity index is 1440. The molecular weight excluding hydrogens is 568 g/mol. The van der Waals surface area contributed by atoms with Gasteiger partial charge >= 0.3 is 6.36 Å². The summed E-state index contributed by atoms with van der Waals surface area (Å²) in [6.07, 6.45) is -1.96. The summed E-state index contributed by atoms with van der Waals surface area (Å²) in [4.78, 5) is 10.0. The molecule has 1 unspecified atom stereocenters. The van der Waals surface area contributed by atoms with Crippen molar-refractivity contribution in [3.8, 4) is 5.75 Å². The number of nitrogens with zero attached hydrogens (tertiary/aromatic N) is 5. The number of nitrogens with two attached hydrogens (primary N) is 1. The second-order valence-corrected chi connectivity index (χ2v) is 9.86. The largest absolute Gasteiger partial charge is 0.573 e. The van der Waals surface area contributed by atoms with Gasteiger partial charge in [-0.05, 0) is 42.8 Å². The van der Waals surface area contributed by atoms with Crippen LogP contribution in [0, 0.1) is 0 Å². The van der Waals surface area contributed by atoms with Crippen LogP contribution in [0.3, 0.4) is 0 Å². The molecule has 13 heteroatoms. The van der Waals surface area contributed by atoms with Crippen molar-refractivity contribution < 1.29 is 22.3 Å². The monoisotopic (exact) mass is 590 g/mol. The van der Waals surface area contributed by atoms with Crippen LogP contribution in [0.1, 0.15) is 23.6 Å². The van der Waals surface area contributed by atoms with Gasteiger partial charge in [-0.1, -0.05) is 59.8 Å². The van der Waals surface area contributed by atoms with Crippen molar-refractivity contribution >= 4 is 58.3 Å². The lowest BCUT2D eigenvalue weighted by Gasteiger charge is -2.25. The molecule has 1 heterocycles. The molecule has 0 aromatic heterocycles. The van der Waals surface area contributed by atoms with Gasteiger partial charge in [-0.3, -0.25) is 0 Å². The number of para-hydroxylation sites is 1. The van der Waals surface area contributed by atoms with Crippen molar-refractivity contribution in [2.75, 3.05) is 10.7 Å². The third-order valence-corrected chi connectivity index (χ3v) is 7.08. The lowest BCUT2D eigenvalue weighted by molar-refractivity contribution is -0.274. The molecule has 40 heavy (non-hydrogen) atoms. The second kappa shape index (κ2) is 13.0. The van der Waals surface area contributed by atoms with Crippen LogP contribution in [-0.4, -0.2) is 41.7 Å². The van der Waals surface area contributed by atoms with E-state index in [1.54, 1.807) is 48.7 Å². The van der Waals surface area contributed by atoms with Gasteiger partial charge in [-0.25, -0.2) is 14.4 Å². The number of hydrogen-bond donors (Lipinski definition) is 1. The van der Waals surface area contributed by atoms with Crippen LogP contribution in [0.25, 0.3) is 0 Å². The first kappa shape index (κ1) is 29.1. The third-order valence-electron chi connectivity index (χ3n) is 5.59. The van der Waals surface area contributed by atoms with E-state index in [2.05, 4.69) is 24.9 Å². The molecule has 0 saturated carbocycles. The first-order valence-electron chi connectivity index (χ1n) is 11.8. The van der Waals surface area contributed by atoms with Crippen LogP contribution in [0.2, 0.25) is 5.02 Å². The van der Waals surface area contributed by atoms with Gasteiger partial charge < -0.3 is 15.4 Å². The maximum atomic E-state index is 13.6. The van der Waals surface area contributed by atoms with E-state index >= 15 is 0 Å². The fourth-order valence-corrected chi connectivity index (χ4v) is 5.05. The molecule has 4 rings (SSSR count). The Morgan fingerprint density at radius 3 is 2.52 bits per heavy atom. The number of halogens is 5. The van der Waals surface area contributed by atoms with Crippen molar-refractivity contribution in [1.29, 1.82) is 0 Å². The smallest absolute Gasteiger partial charge is 0.406 e. The van der Waals surface area contributed by atoms with Crippen LogP contribution in [0.5, 0.6) is 5.75 Å². The lowest BCUT2D eigenvalue weighted by atomic mass is 10.1. The summed E-state index contributed by atoms with van der Waals surface area (Å²) in [7, 11) is 0. The summed E-state index contributed by atoms with van der Waals surface area (Å²) in [6.45, 7) is 1.38. The van der Waals surface area contributed by atoms with Gasteiger partial charge in [0.15, 0.2) is 5.17 Å². The quantitative estimate of drug-likeness (QED) is 0.131. The number of anilines is 1. The fourth-order valence-electron chi connectivity index (χ4n) is 3.71. The van der Waals surface area contributed by atoms with E-state index in [-0.39, 0.29) is 17.6 Å². The maximum Gasteiger partial charge on any atom is 0.573 e. The van der Waals surface area contributed by atoms with Crippen LogP contribution in [0.15, 0.2) is 86.9 Å². The van der Waals surface area contributed by atoms with Crippen LogP contribution in [-0.2, 0) is 6.67 Å². The van der Waals surface area contributed by atoms with E-state index in [4.69, 9.17) is 17.3 Å². The highest BCUT2D eigenvalue weighted by molar-refractivity contribution is 8.14. The summed E-state index contributed by atoms with van der Waals surface area (Å²) >= 11 is 7.92. The third kappa shape index (κ3) is 7.60. The molecule has 0 spiro atoms. The zero-order chi connectivity index (χ0) is 28.7. The minimum absolute atomic E-state index is 0.0667. The first-order chi connectivity index (χ1) is 19.1. The van der Waals surface area contributed by atoms with Crippen molar-refractivity contribution in [3.05, 3.63) is 88.4 Å². The van der Waals surface area contributed by atoms with Crippen LogP contribution >= 0.6 is 23.4 Å². The van der Waals surface area contributed by atoms with Crippen molar-refractivity contribution in [2.24, 2.45) is 25.9 Å². The summed E-state index contributed by atoms with van der Waals surface area (Å²) in [5.74, 6) is 0.615. The standard InChI is InChI=1S/C27H23ClF4N6OS/c1-17-15-40-26(38(17)24-20(13-29)3-2-4-23(24)28)37-36-14-18-5-7-19(8-6-18)25(33)35-16-34-21-9-11-22(12-10-21)39-27(30,31)32/h2-12,14,16-17H,13,15H2,1H3,(H2,33,34,35)/b36-14+,37-26-. The zero-order valence-electron chi connectivity index (χ0n) is 21.0. The summed E-state index contributed by atoms with van der Waals surface area (Å²) in [5, 5.41) is 9.65. The highest BCUT2D eigenvalue weighted by Crippen LogP contribution is 2.38. The molecule has 1 fully saturated rings.